The lowest BCUT2D eigenvalue weighted by Crippen LogP contribution is -2.44. The molecule has 1 aromatic rings. The molecule has 1 saturated heterocycles. The number of hydrogen-bond acceptors (Lipinski definition) is 3. The summed E-state index contributed by atoms with van der Waals surface area (Å²) in [5.41, 5.74) is 6.03. The standard InChI is InChI=1S/C16H22N2O2S/c1-13-8-9-14(2)18(12-13)21(19,20)16-7-3-5-15(11-16)6-4-10-17/h3,5,7,11,13-14H,8-10,12,17H2,1-2H3. The molecule has 0 saturated carbocycles. The van der Waals surface area contributed by atoms with Gasteiger partial charge in [0, 0.05) is 18.2 Å². The molecule has 0 radical (unpaired) electrons. The molecule has 1 heterocycles. The molecule has 1 aliphatic rings. The zero-order chi connectivity index (χ0) is 15.5. The minimum atomic E-state index is -3.46. The smallest absolute Gasteiger partial charge is 0.243 e. The predicted molar refractivity (Wildman–Crippen MR) is 84.1 cm³/mol. The molecule has 2 rings (SSSR count). The summed E-state index contributed by atoms with van der Waals surface area (Å²) in [6.07, 6.45) is 1.99. The van der Waals surface area contributed by atoms with Crippen LogP contribution in [0.25, 0.3) is 0 Å². The van der Waals surface area contributed by atoms with Crippen molar-refractivity contribution in [1.29, 1.82) is 0 Å². The molecule has 1 fully saturated rings. The minimum Gasteiger partial charge on any atom is -0.320 e. The fraction of sp³-hybridized carbons (Fsp3) is 0.500. The third kappa shape index (κ3) is 3.65. The van der Waals surface area contributed by atoms with Crippen molar-refractivity contribution in [2.24, 2.45) is 11.7 Å². The van der Waals surface area contributed by atoms with Crippen molar-refractivity contribution in [2.45, 2.75) is 37.6 Å². The van der Waals surface area contributed by atoms with Crippen LogP contribution in [0.2, 0.25) is 0 Å². The third-order valence-corrected chi connectivity index (χ3v) is 5.81. The van der Waals surface area contributed by atoms with Gasteiger partial charge in [-0.3, -0.25) is 0 Å². The highest BCUT2D eigenvalue weighted by molar-refractivity contribution is 7.89. The molecule has 0 aliphatic carbocycles. The fourth-order valence-electron chi connectivity index (χ4n) is 2.61. The monoisotopic (exact) mass is 306 g/mol. The van der Waals surface area contributed by atoms with Gasteiger partial charge in [0.05, 0.1) is 11.4 Å². The van der Waals surface area contributed by atoms with Gasteiger partial charge in [0.2, 0.25) is 10.0 Å². The van der Waals surface area contributed by atoms with E-state index in [1.54, 1.807) is 28.6 Å². The number of piperidine rings is 1. The molecular weight excluding hydrogens is 284 g/mol. The number of sulfonamides is 1. The summed E-state index contributed by atoms with van der Waals surface area (Å²) in [4.78, 5) is 0.312. The molecular formula is C16H22N2O2S. The maximum Gasteiger partial charge on any atom is 0.243 e. The molecule has 0 aromatic heterocycles. The molecule has 0 amide bonds. The number of nitrogens with zero attached hydrogens (tertiary/aromatic N) is 1. The normalized spacial score (nSPS) is 23.4. The average Bonchev–Trinajstić information content (AvgIpc) is 2.48. The summed E-state index contributed by atoms with van der Waals surface area (Å²) in [6.45, 7) is 4.92. The van der Waals surface area contributed by atoms with Crippen LogP contribution in [-0.4, -0.2) is 31.9 Å². The Kier molecular flexibility index (Phi) is 5.04. The van der Waals surface area contributed by atoms with E-state index in [9.17, 15) is 8.42 Å². The first-order valence-electron chi connectivity index (χ1n) is 7.26. The Labute approximate surface area is 127 Å². The topological polar surface area (TPSA) is 63.4 Å². The van der Waals surface area contributed by atoms with Gasteiger partial charge in [-0.25, -0.2) is 8.42 Å². The average molecular weight is 306 g/mol. The second kappa shape index (κ2) is 6.61. The van der Waals surface area contributed by atoms with Crippen LogP contribution in [0.1, 0.15) is 32.3 Å². The van der Waals surface area contributed by atoms with Gasteiger partial charge in [0.25, 0.3) is 0 Å². The van der Waals surface area contributed by atoms with Gasteiger partial charge in [-0.05, 0) is 43.9 Å². The van der Waals surface area contributed by atoms with Crippen molar-refractivity contribution < 1.29 is 8.42 Å². The highest BCUT2D eigenvalue weighted by Crippen LogP contribution is 2.28. The number of nitrogens with two attached hydrogens (primary N) is 1. The summed E-state index contributed by atoms with van der Waals surface area (Å²) in [6, 6.07) is 6.83. The maximum absolute atomic E-state index is 12.8. The van der Waals surface area contributed by atoms with Gasteiger partial charge in [0.15, 0.2) is 0 Å². The SMILES string of the molecule is CC1CCC(C)N(S(=O)(=O)c2cccc(C#CCN)c2)C1. The van der Waals surface area contributed by atoms with E-state index in [1.165, 1.54) is 0 Å². The lowest BCUT2D eigenvalue weighted by Gasteiger charge is -2.35. The third-order valence-electron chi connectivity index (χ3n) is 3.84. The van der Waals surface area contributed by atoms with Crippen LogP contribution >= 0.6 is 0 Å². The Morgan fingerprint density at radius 3 is 2.81 bits per heavy atom. The molecule has 2 N–H and O–H groups in total. The highest BCUT2D eigenvalue weighted by atomic mass is 32.2. The van der Waals surface area contributed by atoms with Crippen LogP contribution in [0.5, 0.6) is 0 Å². The molecule has 114 valence electrons. The van der Waals surface area contributed by atoms with E-state index in [4.69, 9.17) is 5.73 Å². The summed E-state index contributed by atoms with van der Waals surface area (Å²) in [7, 11) is -3.46. The van der Waals surface area contributed by atoms with Crippen molar-refractivity contribution in [3.63, 3.8) is 0 Å². The van der Waals surface area contributed by atoms with E-state index in [2.05, 4.69) is 18.8 Å². The fourth-order valence-corrected chi connectivity index (χ4v) is 4.43. The van der Waals surface area contributed by atoms with E-state index in [-0.39, 0.29) is 12.6 Å². The molecule has 0 bridgehead atoms. The quantitative estimate of drug-likeness (QED) is 0.848. The number of rotatable bonds is 2. The van der Waals surface area contributed by atoms with E-state index in [0.29, 0.717) is 22.9 Å². The summed E-state index contributed by atoms with van der Waals surface area (Å²) < 4.78 is 27.3. The summed E-state index contributed by atoms with van der Waals surface area (Å²) in [5.74, 6) is 6.03. The van der Waals surface area contributed by atoms with Gasteiger partial charge in [-0.2, -0.15) is 4.31 Å². The Balaban J connectivity index is 2.34. The molecule has 1 aliphatic heterocycles. The van der Waals surface area contributed by atoms with Crippen LogP contribution < -0.4 is 5.73 Å². The van der Waals surface area contributed by atoms with E-state index < -0.39 is 10.0 Å². The Morgan fingerprint density at radius 2 is 2.10 bits per heavy atom. The zero-order valence-electron chi connectivity index (χ0n) is 12.5. The lowest BCUT2D eigenvalue weighted by molar-refractivity contribution is 0.218. The first-order chi connectivity index (χ1) is 9.95. The van der Waals surface area contributed by atoms with Crippen LogP contribution in [0, 0.1) is 17.8 Å². The molecule has 0 spiro atoms. The van der Waals surface area contributed by atoms with Crippen LogP contribution in [-0.2, 0) is 10.0 Å². The Hall–Kier alpha value is -1.35. The second-order valence-electron chi connectivity index (χ2n) is 5.64. The van der Waals surface area contributed by atoms with Crippen molar-refractivity contribution in [3.05, 3.63) is 29.8 Å². The Bertz CT molecular complexity index is 658. The highest BCUT2D eigenvalue weighted by Gasteiger charge is 2.33. The lowest BCUT2D eigenvalue weighted by atomic mass is 9.97. The molecule has 4 nitrogen and oxygen atoms in total. The van der Waals surface area contributed by atoms with Crippen molar-refractivity contribution >= 4 is 10.0 Å². The summed E-state index contributed by atoms with van der Waals surface area (Å²) in [5, 5.41) is 0. The maximum atomic E-state index is 12.8. The van der Waals surface area contributed by atoms with Crippen molar-refractivity contribution in [1.82, 2.24) is 4.31 Å². The first-order valence-corrected chi connectivity index (χ1v) is 8.70. The van der Waals surface area contributed by atoms with Crippen molar-refractivity contribution in [3.8, 4) is 11.8 Å². The first kappa shape index (κ1) is 16.0. The molecule has 1 aromatic carbocycles. The number of hydrogen-bond donors (Lipinski definition) is 1. The van der Waals surface area contributed by atoms with Crippen molar-refractivity contribution in [2.75, 3.05) is 13.1 Å². The van der Waals surface area contributed by atoms with E-state index >= 15 is 0 Å². The van der Waals surface area contributed by atoms with Crippen LogP contribution in [0.15, 0.2) is 29.2 Å². The predicted octanol–water partition coefficient (Wildman–Crippen LogP) is 1.81. The zero-order valence-corrected chi connectivity index (χ0v) is 13.4. The summed E-state index contributed by atoms with van der Waals surface area (Å²) >= 11 is 0. The molecule has 5 heteroatoms. The van der Waals surface area contributed by atoms with Crippen LogP contribution in [0.4, 0.5) is 0 Å². The van der Waals surface area contributed by atoms with Gasteiger partial charge < -0.3 is 5.73 Å². The number of benzene rings is 1. The largest absolute Gasteiger partial charge is 0.320 e. The molecule has 2 unspecified atom stereocenters. The van der Waals surface area contributed by atoms with E-state index in [1.807, 2.05) is 6.92 Å². The van der Waals surface area contributed by atoms with Crippen LogP contribution in [0.3, 0.4) is 0 Å². The Morgan fingerprint density at radius 1 is 1.33 bits per heavy atom. The molecule has 21 heavy (non-hydrogen) atoms. The molecule has 2 atom stereocenters. The van der Waals surface area contributed by atoms with E-state index in [0.717, 1.165) is 12.8 Å². The van der Waals surface area contributed by atoms with Gasteiger partial charge in [0.1, 0.15) is 0 Å². The van der Waals surface area contributed by atoms with Gasteiger partial charge in [-0.1, -0.05) is 24.8 Å². The van der Waals surface area contributed by atoms with Gasteiger partial charge in [-0.15, -0.1) is 0 Å². The second-order valence-corrected chi connectivity index (χ2v) is 7.53. The minimum absolute atomic E-state index is 0.0463. The van der Waals surface area contributed by atoms with Gasteiger partial charge >= 0.3 is 0 Å².